The molecule has 1 amide bonds. The summed E-state index contributed by atoms with van der Waals surface area (Å²) in [6.45, 7) is 6.11. The second kappa shape index (κ2) is 8.38. The summed E-state index contributed by atoms with van der Waals surface area (Å²) in [5.74, 6) is -0.522. The van der Waals surface area contributed by atoms with Crippen LogP contribution in [0.1, 0.15) is 26.3 Å². The molecule has 22 heavy (non-hydrogen) atoms. The molecule has 122 valence electrons. The van der Waals surface area contributed by atoms with Crippen molar-refractivity contribution in [2.24, 2.45) is 0 Å². The number of methoxy groups -OCH3 is 1. The smallest absolute Gasteiger partial charge is 0.408 e. The molecule has 0 saturated heterocycles. The van der Waals surface area contributed by atoms with Crippen molar-refractivity contribution in [3.05, 3.63) is 35.9 Å². The highest BCUT2D eigenvalue weighted by Crippen LogP contribution is 2.07. The van der Waals surface area contributed by atoms with Gasteiger partial charge in [0.15, 0.2) is 0 Å². The molecule has 2 N–H and O–H groups in total. The van der Waals surface area contributed by atoms with Gasteiger partial charge in [0.1, 0.15) is 11.6 Å². The zero-order valence-corrected chi connectivity index (χ0v) is 13.5. The summed E-state index contributed by atoms with van der Waals surface area (Å²) < 4.78 is 9.84. The summed E-state index contributed by atoms with van der Waals surface area (Å²) in [7, 11) is 1.28. The van der Waals surface area contributed by atoms with Crippen molar-refractivity contribution in [1.82, 2.24) is 10.6 Å². The zero-order valence-electron chi connectivity index (χ0n) is 13.5. The second-order valence-corrected chi connectivity index (χ2v) is 5.84. The van der Waals surface area contributed by atoms with E-state index in [1.165, 1.54) is 7.11 Å². The molecule has 0 heterocycles. The third-order valence-electron chi connectivity index (χ3n) is 2.70. The summed E-state index contributed by atoms with van der Waals surface area (Å²) >= 11 is 0. The van der Waals surface area contributed by atoms with Crippen molar-refractivity contribution < 1.29 is 19.1 Å². The van der Waals surface area contributed by atoms with Crippen LogP contribution in [-0.2, 0) is 20.8 Å². The lowest BCUT2D eigenvalue weighted by Crippen LogP contribution is -2.49. The maximum absolute atomic E-state index is 11.8. The Labute approximate surface area is 131 Å². The third kappa shape index (κ3) is 7.08. The molecule has 6 nitrogen and oxygen atoms in total. The molecule has 1 rings (SSSR count). The Kier molecular flexibility index (Phi) is 6.85. The molecule has 1 aromatic rings. The number of hydrogen-bond donors (Lipinski definition) is 2. The fourth-order valence-corrected chi connectivity index (χ4v) is 1.74. The predicted octanol–water partition coefficient (Wildman–Crippen LogP) is 1.84. The maximum Gasteiger partial charge on any atom is 0.408 e. The van der Waals surface area contributed by atoms with E-state index in [0.29, 0.717) is 6.54 Å². The van der Waals surface area contributed by atoms with Gasteiger partial charge >= 0.3 is 12.1 Å². The first-order chi connectivity index (χ1) is 10.3. The van der Waals surface area contributed by atoms with Gasteiger partial charge in [-0.25, -0.2) is 9.59 Å². The van der Waals surface area contributed by atoms with Crippen LogP contribution in [0.3, 0.4) is 0 Å². The Balaban J connectivity index is 2.50. The normalized spacial score (nSPS) is 12.4. The molecule has 0 spiro atoms. The number of hydrogen-bond acceptors (Lipinski definition) is 5. The average molecular weight is 308 g/mol. The Hall–Kier alpha value is -2.08. The third-order valence-corrected chi connectivity index (χ3v) is 2.70. The Morgan fingerprint density at radius 2 is 1.82 bits per heavy atom. The minimum absolute atomic E-state index is 0.251. The van der Waals surface area contributed by atoms with Crippen LogP contribution < -0.4 is 10.6 Å². The summed E-state index contributed by atoms with van der Waals surface area (Å²) in [5.41, 5.74) is 0.464. The Morgan fingerprint density at radius 3 is 2.36 bits per heavy atom. The van der Waals surface area contributed by atoms with Crippen molar-refractivity contribution in [3.63, 3.8) is 0 Å². The number of alkyl carbamates (subject to hydrolysis) is 1. The molecule has 0 radical (unpaired) electrons. The van der Waals surface area contributed by atoms with Gasteiger partial charge in [0, 0.05) is 13.1 Å². The van der Waals surface area contributed by atoms with Gasteiger partial charge < -0.3 is 20.1 Å². The van der Waals surface area contributed by atoms with Gasteiger partial charge in [0.05, 0.1) is 7.11 Å². The summed E-state index contributed by atoms with van der Waals surface area (Å²) in [6, 6.07) is 8.96. The molecule has 1 aromatic carbocycles. The number of benzene rings is 1. The van der Waals surface area contributed by atoms with Crippen molar-refractivity contribution in [1.29, 1.82) is 0 Å². The van der Waals surface area contributed by atoms with Crippen LogP contribution in [0.4, 0.5) is 4.79 Å². The standard InChI is InChI=1S/C16H24N2O4/c1-16(2,3)22-15(20)18-13(14(19)21-4)11-17-10-12-8-6-5-7-9-12/h5-9,13,17H,10-11H2,1-4H3,(H,18,20). The molecule has 6 heteroatoms. The topological polar surface area (TPSA) is 76.7 Å². The van der Waals surface area contributed by atoms with E-state index in [9.17, 15) is 9.59 Å². The summed E-state index contributed by atoms with van der Waals surface area (Å²) in [6.07, 6.45) is -0.649. The molecule has 0 bridgehead atoms. The monoisotopic (exact) mass is 308 g/mol. The van der Waals surface area contributed by atoms with Crippen LogP contribution in [-0.4, -0.2) is 37.4 Å². The molecule has 0 aliphatic heterocycles. The number of ether oxygens (including phenoxy) is 2. The van der Waals surface area contributed by atoms with Crippen molar-refractivity contribution in [2.75, 3.05) is 13.7 Å². The van der Waals surface area contributed by atoms with Crippen molar-refractivity contribution >= 4 is 12.1 Å². The van der Waals surface area contributed by atoms with Gasteiger partial charge in [-0.3, -0.25) is 0 Å². The van der Waals surface area contributed by atoms with Gasteiger partial charge in [-0.1, -0.05) is 30.3 Å². The van der Waals surface area contributed by atoms with Gasteiger partial charge in [0.25, 0.3) is 0 Å². The quantitative estimate of drug-likeness (QED) is 0.784. The highest BCUT2D eigenvalue weighted by molar-refractivity contribution is 5.81. The van der Waals surface area contributed by atoms with E-state index in [1.54, 1.807) is 20.8 Å². The first kappa shape index (κ1) is 18.0. The van der Waals surface area contributed by atoms with Crippen LogP contribution in [0.25, 0.3) is 0 Å². The fraction of sp³-hybridized carbons (Fsp3) is 0.500. The average Bonchev–Trinajstić information content (AvgIpc) is 2.44. The van der Waals surface area contributed by atoms with E-state index in [-0.39, 0.29) is 6.54 Å². The lowest BCUT2D eigenvalue weighted by Gasteiger charge is -2.22. The fourth-order valence-electron chi connectivity index (χ4n) is 1.74. The second-order valence-electron chi connectivity index (χ2n) is 5.84. The predicted molar refractivity (Wildman–Crippen MR) is 83.3 cm³/mol. The van der Waals surface area contributed by atoms with E-state index < -0.39 is 23.7 Å². The maximum atomic E-state index is 11.8. The van der Waals surface area contributed by atoms with E-state index in [0.717, 1.165) is 5.56 Å². The van der Waals surface area contributed by atoms with E-state index in [1.807, 2.05) is 30.3 Å². The largest absolute Gasteiger partial charge is 0.467 e. The number of carbonyl (C=O) groups is 2. The summed E-state index contributed by atoms with van der Waals surface area (Å²) in [5, 5.41) is 5.63. The number of esters is 1. The molecular formula is C16H24N2O4. The minimum Gasteiger partial charge on any atom is -0.467 e. The van der Waals surface area contributed by atoms with Gasteiger partial charge in [-0.05, 0) is 26.3 Å². The van der Waals surface area contributed by atoms with Crippen molar-refractivity contribution in [3.8, 4) is 0 Å². The van der Waals surface area contributed by atoms with E-state index in [2.05, 4.69) is 10.6 Å². The molecule has 1 unspecified atom stereocenters. The Morgan fingerprint density at radius 1 is 1.18 bits per heavy atom. The Bertz CT molecular complexity index is 483. The molecule has 0 saturated carbocycles. The highest BCUT2D eigenvalue weighted by Gasteiger charge is 2.24. The van der Waals surface area contributed by atoms with Gasteiger partial charge in [0.2, 0.25) is 0 Å². The van der Waals surface area contributed by atoms with E-state index >= 15 is 0 Å². The lowest BCUT2D eigenvalue weighted by molar-refractivity contribution is -0.143. The minimum atomic E-state index is -0.802. The first-order valence-electron chi connectivity index (χ1n) is 7.14. The van der Waals surface area contributed by atoms with E-state index in [4.69, 9.17) is 9.47 Å². The number of amides is 1. The lowest BCUT2D eigenvalue weighted by atomic mass is 10.2. The molecular weight excluding hydrogens is 284 g/mol. The van der Waals surface area contributed by atoms with Gasteiger partial charge in [-0.15, -0.1) is 0 Å². The van der Waals surface area contributed by atoms with Crippen LogP contribution in [0.5, 0.6) is 0 Å². The van der Waals surface area contributed by atoms with Crippen LogP contribution in [0, 0.1) is 0 Å². The first-order valence-corrected chi connectivity index (χ1v) is 7.14. The number of nitrogens with one attached hydrogen (secondary N) is 2. The zero-order chi connectivity index (χ0) is 16.6. The SMILES string of the molecule is COC(=O)C(CNCc1ccccc1)NC(=O)OC(C)(C)C. The van der Waals surface area contributed by atoms with Crippen LogP contribution >= 0.6 is 0 Å². The number of rotatable bonds is 6. The summed E-state index contributed by atoms with van der Waals surface area (Å²) in [4.78, 5) is 23.5. The highest BCUT2D eigenvalue weighted by atomic mass is 16.6. The molecule has 0 fully saturated rings. The van der Waals surface area contributed by atoms with Crippen LogP contribution in [0.2, 0.25) is 0 Å². The van der Waals surface area contributed by atoms with Gasteiger partial charge in [-0.2, -0.15) is 0 Å². The molecule has 0 aromatic heterocycles. The molecule has 1 atom stereocenters. The van der Waals surface area contributed by atoms with Crippen molar-refractivity contribution in [2.45, 2.75) is 39.0 Å². The molecule has 0 aliphatic carbocycles. The molecule has 0 aliphatic rings. The van der Waals surface area contributed by atoms with Crippen LogP contribution in [0.15, 0.2) is 30.3 Å². The number of carbonyl (C=O) groups excluding carboxylic acids is 2.